The lowest BCUT2D eigenvalue weighted by Gasteiger charge is -2.39. The Morgan fingerprint density at radius 3 is 2.40 bits per heavy atom. The number of carbonyl (C=O) groups is 4. The number of hydrogen-bond acceptors (Lipinski definition) is 9. The minimum absolute atomic E-state index is 0.0555. The van der Waals surface area contributed by atoms with Gasteiger partial charge in [-0.3, -0.25) is 19.3 Å². The lowest BCUT2D eigenvalue weighted by Crippen LogP contribution is -2.60. The van der Waals surface area contributed by atoms with Crippen LogP contribution in [0.15, 0.2) is 5.38 Å². The Morgan fingerprint density at radius 2 is 1.84 bits per heavy atom. The minimum Gasteiger partial charge on any atom is -0.476 e. The van der Waals surface area contributed by atoms with Crippen molar-refractivity contribution < 1.29 is 39.0 Å². The van der Waals surface area contributed by atoms with Gasteiger partial charge in [-0.25, -0.2) is 19.6 Å². The van der Waals surface area contributed by atoms with E-state index in [0.29, 0.717) is 19.4 Å². The van der Waals surface area contributed by atoms with Gasteiger partial charge in [-0.2, -0.15) is 0 Å². The highest BCUT2D eigenvalue weighted by Crippen LogP contribution is 2.29. The number of ether oxygens (including phenoxy) is 1. The second kappa shape index (κ2) is 17.8. The van der Waals surface area contributed by atoms with Crippen LogP contribution < -0.4 is 5.32 Å². The van der Waals surface area contributed by atoms with Crippen molar-refractivity contribution in [2.45, 2.75) is 137 Å². The monoisotopic (exact) mass is 654 g/mol. The normalized spacial score (nSPS) is 18.2. The molecule has 0 bridgehead atoms. The van der Waals surface area contributed by atoms with Crippen molar-refractivity contribution >= 4 is 35.2 Å². The zero-order valence-electron chi connectivity index (χ0n) is 28.2. The Hall–Kier alpha value is -2.77. The molecule has 3 amide bonds. The molecular formula is C32H54N4O8S. The molecule has 1 aromatic rings. The summed E-state index contributed by atoms with van der Waals surface area (Å²) in [6, 6.07) is -2.33. The summed E-state index contributed by atoms with van der Waals surface area (Å²) in [5.41, 5.74) is -0.869. The fourth-order valence-corrected chi connectivity index (χ4v) is 5.95. The van der Waals surface area contributed by atoms with Gasteiger partial charge in [0.2, 0.25) is 5.91 Å². The van der Waals surface area contributed by atoms with Crippen molar-refractivity contribution in [2.75, 3.05) is 13.2 Å². The van der Waals surface area contributed by atoms with Crippen LogP contribution >= 0.6 is 11.3 Å². The van der Waals surface area contributed by atoms with Crippen molar-refractivity contribution in [1.82, 2.24) is 20.3 Å². The zero-order valence-corrected chi connectivity index (χ0v) is 29.0. The van der Waals surface area contributed by atoms with Gasteiger partial charge in [0.25, 0.3) is 5.91 Å². The number of nitrogens with zero attached hydrogens (tertiary/aromatic N) is 3. The van der Waals surface area contributed by atoms with Crippen molar-refractivity contribution in [3.63, 3.8) is 0 Å². The summed E-state index contributed by atoms with van der Waals surface area (Å²) in [5.74, 6) is -2.48. The van der Waals surface area contributed by atoms with Crippen LogP contribution in [0.2, 0.25) is 0 Å². The molecule has 0 radical (unpaired) electrons. The van der Waals surface area contributed by atoms with Crippen molar-refractivity contribution in [2.24, 2.45) is 11.8 Å². The summed E-state index contributed by atoms with van der Waals surface area (Å²) in [7, 11) is 0. The molecule has 0 aromatic carbocycles. The van der Waals surface area contributed by atoms with E-state index in [4.69, 9.17) is 9.57 Å². The number of carboxylic acid groups (broad SMARTS) is 1. The minimum atomic E-state index is -1.18. The second-order valence-electron chi connectivity index (χ2n) is 13.2. The Balaban J connectivity index is 2.38. The summed E-state index contributed by atoms with van der Waals surface area (Å²) in [6.45, 7) is 15.7. The third-order valence-corrected chi connectivity index (χ3v) is 8.91. The highest BCUT2D eigenvalue weighted by Gasteiger charge is 2.40. The molecule has 2 heterocycles. The highest BCUT2D eigenvalue weighted by molar-refractivity contribution is 7.09. The zero-order chi connectivity index (χ0) is 33.9. The number of carbonyl (C=O) groups excluding carboxylic acids is 3. The van der Waals surface area contributed by atoms with E-state index in [2.05, 4.69) is 17.2 Å². The van der Waals surface area contributed by atoms with Gasteiger partial charge in [0, 0.05) is 18.3 Å². The molecule has 256 valence electrons. The SMILES string of the molecule is CCCCCON(C(=O)[C@@H](NC(=O)[C@H]1CCCCN1C(=O)OC(C)(C)C)[C@@H](C)CC)[C@H](C[C@@H](O)c1nc(C(=O)O)cs1)C(C)C. The van der Waals surface area contributed by atoms with Gasteiger partial charge in [-0.05, 0) is 58.3 Å². The molecule has 1 saturated heterocycles. The first-order valence-electron chi connectivity index (χ1n) is 16.2. The highest BCUT2D eigenvalue weighted by atomic mass is 32.1. The standard InChI is InChI=1S/C32H54N4O8S/c1-9-11-14-17-43-36(24(20(3)4)18-25(37)28-33-22(19-45-28)30(40)41)29(39)26(21(5)10-2)34-27(38)23-15-12-13-16-35(23)31(42)44-32(6,7)8/h19-21,23-26,37H,9-18H2,1-8H3,(H,34,38)(H,40,41)/t21-,23+,24+,25+,26-/m0/s1. The Bertz CT molecular complexity index is 1120. The molecular weight excluding hydrogens is 600 g/mol. The van der Waals surface area contributed by atoms with E-state index >= 15 is 0 Å². The molecule has 5 atom stereocenters. The van der Waals surface area contributed by atoms with Crippen LogP contribution in [-0.2, 0) is 19.2 Å². The fraction of sp³-hybridized carbons (Fsp3) is 0.781. The summed E-state index contributed by atoms with van der Waals surface area (Å²) in [4.78, 5) is 64.2. The predicted molar refractivity (Wildman–Crippen MR) is 172 cm³/mol. The number of likely N-dealkylation sites (tertiary alicyclic amines) is 1. The summed E-state index contributed by atoms with van der Waals surface area (Å²) < 4.78 is 5.58. The quantitative estimate of drug-likeness (QED) is 0.153. The van der Waals surface area contributed by atoms with Gasteiger partial charge >= 0.3 is 12.1 Å². The molecule has 0 saturated carbocycles. The smallest absolute Gasteiger partial charge is 0.410 e. The number of carboxylic acids is 1. The topological polar surface area (TPSA) is 159 Å². The maximum atomic E-state index is 14.4. The average molecular weight is 655 g/mol. The number of aliphatic hydroxyl groups is 1. The number of aromatic carboxylic acids is 1. The molecule has 12 nitrogen and oxygen atoms in total. The third kappa shape index (κ3) is 11.5. The molecule has 1 aromatic heterocycles. The lowest BCUT2D eigenvalue weighted by atomic mass is 9.93. The van der Waals surface area contributed by atoms with Gasteiger partial charge in [-0.15, -0.1) is 11.3 Å². The van der Waals surface area contributed by atoms with Crippen LogP contribution in [-0.4, -0.2) is 85.9 Å². The van der Waals surface area contributed by atoms with Crippen molar-refractivity contribution in [3.05, 3.63) is 16.1 Å². The molecule has 45 heavy (non-hydrogen) atoms. The predicted octanol–water partition coefficient (Wildman–Crippen LogP) is 5.56. The van der Waals surface area contributed by atoms with E-state index in [1.54, 1.807) is 20.8 Å². The van der Waals surface area contributed by atoms with Crippen LogP contribution in [0, 0.1) is 11.8 Å². The van der Waals surface area contributed by atoms with E-state index in [0.717, 1.165) is 43.4 Å². The van der Waals surface area contributed by atoms with E-state index in [9.17, 15) is 29.4 Å². The van der Waals surface area contributed by atoms with Gasteiger partial charge < -0.3 is 20.3 Å². The van der Waals surface area contributed by atoms with Gasteiger partial charge in [0.1, 0.15) is 28.8 Å². The fourth-order valence-electron chi connectivity index (χ4n) is 5.16. The van der Waals surface area contributed by atoms with E-state index in [1.807, 2.05) is 27.7 Å². The number of hydroxylamine groups is 2. The second-order valence-corrected chi connectivity index (χ2v) is 14.1. The van der Waals surface area contributed by atoms with Gasteiger partial charge in [-0.1, -0.05) is 53.9 Å². The van der Waals surface area contributed by atoms with Crippen LogP contribution in [0.1, 0.15) is 128 Å². The summed E-state index contributed by atoms with van der Waals surface area (Å²) >= 11 is 1.04. The van der Waals surface area contributed by atoms with Crippen LogP contribution in [0.3, 0.4) is 0 Å². The van der Waals surface area contributed by atoms with E-state index in [1.165, 1.54) is 15.3 Å². The van der Waals surface area contributed by atoms with Crippen molar-refractivity contribution in [3.8, 4) is 0 Å². The van der Waals surface area contributed by atoms with Crippen molar-refractivity contribution in [1.29, 1.82) is 0 Å². The molecule has 2 rings (SSSR count). The number of nitrogens with one attached hydrogen (secondary N) is 1. The first kappa shape index (κ1) is 38.4. The molecule has 0 aliphatic carbocycles. The average Bonchev–Trinajstić information content (AvgIpc) is 3.48. The number of amides is 3. The number of thiazole rings is 1. The first-order valence-corrected chi connectivity index (χ1v) is 17.1. The van der Waals surface area contributed by atoms with Gasteiger partial charge in [0.15, 0.2) is 5.69 Å². The molecule has 1 fully saturated rings. The lowest BCUT2D eigenvalue weighted by molar-refractivity contribution is -0.212. The van der Waals surface area contributed by atoms with Crippen LogP contribution in [0.25, 0.3) is 0 Å². The van der Waals surface area contributed by atoms with Crippen LogP contribution in [0.4, 0.5) is 4.79 Å². The number of aliphatic hydroxyl groups excluding tert-OH is 1. The Morgan fingerprint density at radius 1 is 1.16 bits per heavy atom. The molecule has 0 spiro atoms. The maximum absolute atomic E-state index is 14.4. The Kier molecular flexibility index (Phi) is 15.2. The number of aromatic nitrogens is 1. The van der Waals surface area contributed by atoms with Crippen LogP contribution in [0.5, 0.6) is 0 Å². The van der Waals surface area contributed by atoms with E-state index in [-0.39, 0.29) is 35.6 Å². The molecule has 1 aliphatic rings. The summed E-state index contributed by atoms with van der Waals surface area (Å²) in [5, 5.41) is 26.2. The molecule has 3 N–H and O–H groups in total. The molecule has 1 aliphatic heterocycles. The maximum Gasteiger partial charge on any atom is 0.410 e. The molecule has 13 heteroatoms. The number of piperidine rings is 1. The largest absolute Gasteiger partial charge is 0.476 e. The Labute approximate surface area is 271 Å². The number of rotatable bonds is 16. The third-order valence-electron chi connectivity index (χ3n) is 7.97. The van der Waals surface area contributed by atoms with E-state index < -0.39 is 53.7 Å². The number of unbranched alkanes of at least 4 members (excludes halogenated alkanes) is 2. The van der Waals surface area contributed by atoms with Gasteiger partial charge in [0.05, 0.1) is 12.6 Å². The first-order chi connectivity index (χ1) is 21.1. The summed E-state index contributed by atoms with van der Waals surface area (Å²) in [6.07, 6.45) is 3.51. The number of hydrogen-bond donors (Lipinski definition) is 3. The molecule has 0 unspecified atom stereocenters.